The zero-order chi connectivity index (χ0) is 23.1. The molecule has 3 rings (SSSR count). The van der Waals surface area contributed by atoms with Gasteiger partial charge in [-0.25, -0.2) is 8.78 Å². The van der Waals surface area contributed by atoms with Gasteiger partial charge in [0.25, 0.3) is 18.0 Å². The number of hydrogen-bond acceptors (Lipinski definition) is 7. The molecule has 1 aromatic heterocycles. The molecule has 1 amide bonds. The summed E-state index contributed by atoms with van der Waals surface area (Å²) >= 11 is 0. The van der Waals surface area contributed by atoms with Gasteiger partial charge in [-0.2, -0.15) is 0 Å². The van der Waals surface area contributed by atoms with Gasteiger partial charge in [-0.15, -0.1) is 0 Å². The molecule has 3 aromatic rings. The van der Waals surface area contributed by atoms with E-state index in [9.17, 15) is 23.7 Å². The van der Waals surface area contributed by atoms with Gasteiger partial charge in [-0.3, -0.25) is 14.9 Å². The first-order chi connectivity index (χ1) is 15.4. The predicted molar refractivity (Wildman–Crippen MR) is 109 cm³/mol. The highest BCUT2D eigenvalue weighted by Gasteiger charge is 2.17. The minimum atomic E-state index is -2.76. The van der Waals surface area contributed by atoms with Crippen LogP contribution in [-0.2, 0) is 6.61 Å². The lowest BCUT2D eigenvalue weighted by molar-refractivity contribution is -0.384. The Morgan fingerprint density at radius 1 is 1.12 bits per heavy atom. The van der Waals surface area contributed by atoms with E-state index in [1.165, 1.54) is 25.3 Å². The Kier molecular flexibility index (Phi) is 7.21. The van der Waals surface area contributed by atoms with Crippen molar-refractivity contribution in [1.29, 1.82) is 0 Å². The van der Waals surface area contributed by atoms with Crippen LogP contribution in [0.4, 0.5) is 20.2 Å². The highest BCUT2D eigenvalue weighted by atomic mass is 19.3. The van der Waals surface area contributed by atoms with Crippen molar-refractivity contribution in [3.63, 3.8) is 0 Å². The number of hydrogen-bond donors (Lipinski definition) is 1. The van der Waals surface area contributed by atoms with E-state index in [0.717, 1.165) is 12.1 Å². The SMILES string of the molecule is COc1ccccc1OCc1ccc(C(=O)Nc2cc(OCC(F)F)cc([N+](=O)[O-])c2)o1. The molecular weight excluding hydrogens is 430 g/mol. The van der Waals surface area contributed by atoms with Gasteiger partial charge < -0.3 is 23.9 Å². The molecule has 32 heavy (non-hydrogen) atoms. The van der Waals surface area contributed by atoms with Crippen LogP contribution in [0.15, 0.2) is 59.0 Å². The van der Waals surface area contributed by atoms with Crippen molar-refractivity contribution in [2.24, 2.45) is 0 Å². The van der Waals surface area contributed by atoms with Crippen molar-refractivity contribution in [1.82, 2.24) is 0 Å². The monoisotopic (exact) mass is 448 g/mol. The summed E-state index contributed by atoms with van der Waals surface area (Å²) < 4.78 is 45.8. The summed E-state index contributed by atoms with van der Waals surface area (Å²) in [6, 6.07) is 13.2. The number of nitrogens with zero attached hydrogens (tertiary/aromatic N) is 1. The van der Waals surface area contributed by atoms with Crippen LogP contribution in [0.1, 0.15) is 16.3 Å². The second-order valence-corrected chi connectivity index (χ2v) is 6.33. The first-order valence-electron chi connectivity index (χ1n) is 9.22. The summed E-state index contributed by atoms with van der Waals surface area (Å²) in [5.74, 6) is 0.415. The quantitative estimate of drug-likeness (QED) is 0.354. The van der Waals surface area contributed by atoms with Crippen LogP contribution in [0.2, 0.25) is 0 Å². The molecule has 9 nitrogen and oxygen atoms in total. The number of carbonyl (C=O) groups excluding carboxylic acids is 1. The Hall–Kier alpha value is -4.15. The van der Waals surface area contributed by atoms with Crippen LogP contribution in [0.3, 0.4) is 0 Å². The summed E-state index contributed by atoms with van der Waals surface area (Å²) in [4.78, 5) is 22.8. The average Bonchev–Trinajstić information content (AvgIpc) is 3.25. The second kappa shape index (κ2) is 10.2. The van der Waals surface area contributed by atoms with Crippen LogP contribution < -0.4 is 19.5 Å². The van der Waals surface area contributed by atoms with Crippen molar-refractivity contribution in [2.75, 3.05) is 19.0 Å². The van der Waals surface area contributed by atoms with Crippen molar-refractivity contribution < 1.29 is 37.1 Å². The molecule has 2 aromatic carbocycles. The van der Waals surface area contributed by atoms with E-state index in [1.807, 2.05) is 0 Å². The summed E-state index contributed by atoms with van der Waals surface area (Å²) in [6.45, 7) is -0.918. The van der Waals surface area contributed by atoms with Gasteiger partial charge in [0.2, 0.25) is 0 Å². The molecule has 1 heterocycles. The average molecular weight is 448 g/mol. The van der Waals surface area contributed by atoms with E-state index < -0.39 is 29.6 Å². The first-order valence-corrected chi connectivity index (χ1v) is 9.22. The Labute approximate surface area is 180 Å². The molecule has 0 fully saturated rings. The van der Waals surface area contributed by atoms with Gasteiger partial charge in [-0.05, 0) is 24.3 Å². The van der Waals surface area contributed by atoms with Crippen molar-refractivity contribution in [2.45, 2.75) is 13.0 Å². The molecule has 0 aliphatic heterocycles. The normalized spacial score (nSPS) is 10.6. The van der Waals surface area contributed by atoms with Gasteiger partial charge in [0, 0.05) is 12.1 Å². The number of rotatable bonds is 10. The minimum absolute atomic E-state index is 0.0170. The van der Waals surface area contributed by atoms with Crippen LogP contribution >= 0.6 is 0 Å². The zero-order valence-corrected chi connectivity index (χ0v) is 16.7. The highest BCUT2D eigenvalue weighted by Crippen LogP contribution is 2.28. The lowest BCUT2D eigenvalue weighted by atomic mass is 10.2. The summed E-state index contributed by atoms with van der Waals surface area (Å²) in [5, 5.41) is 13.5. The standard InChI is InChI=1S/C21H18F2N2O7/c1-29-17-4-2-3-5-18(17)31-11-15-6-7-19(32-15)21(26)24-13-8-14(25(27)28)10-16(9-13)30-12-20(22)23/h2-10,20H,11-12H2,1H3,(H,24,26). The number of methoxy groups -OCH3 is 1. The number of non-ortho nitro benzene ring substituents is 1. The fourth-order valence-corrected chi connectivity index (χ4v) is 2.66. The third-order valence-electron chi connectivity index (χ3n) is 4.06. The largest absolute Gasteiger partial charge is 0.493 e. The summed E-state index contributed by atoms with van der Waals surface area (Å²) in [6.07, 6.45) is -2.76. The smallest absolute Gasteiger partial charge is 0.291 e. The predicted octanol–water partition coefficient (Wildman–Crippen LogP) is 4.67. The molecule has 1 N–H and O–H groups in total. The Morgan fingerprint density at radius 2 is 1.88 bits per heavy atom. The molecule has 0 saturated carbocycles. The summed E-state index contributed by atoms with van der Waals surface area (Å²) in [5.41, 5.74) is -0.450. The molecule has 0 aliphatic carbocycles. The number of alkyl halides is 2. The van der Waals surface area contributed by atoms with E-state index >= 15 is 0 Å². The number of halogens is 2. The molecule has 0 saturated heterocycles. The molecule has 11 heteroatoms. The van der Waals surface area contributed by atoms with Gasteiger partial charge in [0.05, 0.1) is 23.8 Å². The van der Waals surface area contributed by atoms with Crippen LogP contribution in [0, 0.1) is 10.1 Å². The van der Waals surface area contributed by atoms with Crippen molar-refractivity contribution >= 4 is 17.3 Å². The van der Waals surface area contributed by atoms with Crippen molar-refractivity contribution in [3.05, 3.63) is 76.2 Å². The van der Waals surface area contributed by atoms with Gasteiger partial charge >= 0.3 is 0 Å². The molecule has 0 radical (unpaired) electrons. The molecule has 0 atom stereocenters. The molecular formula is C21H18F2N2O7. The molecule has 0 spiro atoms. The second-order valence-electron chi connectivity index (χ2n) is 6.33. The number of benzene rings is 2. The van der Waals surface area contributed by atoms with Gasteiger partial charge in [0.15, 0.2) is 17.3 Å². The maximum atomic E-state index is 12.5. The number of furan rings is 1. The van der Waals surface area contributed by atoms with E-state index in [0.29, 0.717) is 17.3 Å². The number of nitro benzene ring substituents is 1. The van der Waals surface area contributed by atoms with Crippen LogP contribution in [0.25, 0.3) is 0 Å². The number of carbonyl (C=O) groups is 1. The van der Waals surface area contributed by atoms with E-state index in [-0.39, 0.29) is 23.8 Å². The molecule has 0 bridgehead atoms. The molecule has 0 unspecified atom stereocenters. The van der Waals surface area contributed by atoms with E-state index in [1.54, 1.807) is 24.3 Å². The Morgan fingerprint density at radius 3 is 2.56 bits per heavy atom. The number of nitrogens with one attached hydrogen (secondary N) is 1. The Bertz CT molecular complexity index is 1100. The fraction of sp³-hybridized carbons (Fsp3) is 0.190. The lowest BCUT2D eigenvalue weighted by Crippen LogP contribution is -2.12. The van der Waals surface area contributed by atoms with Crippen LogP contribution in [0.5, 0.6) is 17.2 Å². The maximum Gasteiger partial charge on any atom is 0.291 e. The van der Waals surface area contributed by atoms with Crippen molar-refractivity contribution in [3.8, 4) is 17.2 Å². The summed E-state index contributed by atoms with van der Waals surface area (Å²) in [7, 11) is 1.51. The molecule has 0 aliphatic rings. The highest BCUT2D eigenvalue weighted by molar-refractivity contribution is 6.02. The Balaban J connectivity index is 1.68. The zero-order valence-electron chi connectivity index (χ0n) is 16.7. The van der Waals surface area contributed by atoms with Gasteiger partial charge in [-0.1, -0.05) is 12.1 Å². The molecule has 168 valence electrons. The number of nitro groups is 1. The number of anilines is 1. The number of amides is 1. The lowest BCUT2D eigenvalue weighted by Gasteiger charge is -2.09. The van der Waals surface area contributed by atoms with Crippen LogP contribution in [-0.4, -0.2) is 31.0 Å². The van der Waals surface area contributed by atoms with Gasteiger partial charge in [0.1, 0.15) is 24.7 Å². The fourth-order valence-electron chi connectivity index (χ4n) is 2.66. The minimum Gasteiger partial charge on any atom is -0.493 e. The first kappa shape index (κ1) is 22.5. The third kappa shape index (κ3) is 5.94. The topological polar surface area (TPSA) is 113 Å². The third-order valence-corrected chi connectivity index (χ3v) is 4.06. The van der Waals surface area contributed by atoms with E-state index in [4.69, 9.17) is 18.6 Å². The van der Waals surface area contributed by atoms with E-state index in [2.05, 4.69) is 5.32 Å². The maximum absolute atomic E-state index is 12.5. The number of ether oxygens (including phenoxy) is 3. The number of para-hydroxylation sites is 2.